The first-order valence-corrected chi connectivity index (χ1v) is 18.9. The van der Waals surface area contributed by atoms with Crippen molar-refractivity contribution in [3.05, 3.63) is 72.3 Å². The number of hydrogen-bond donors (Lipinski definition) is 2. The number of benzene rings is 2. The van der Waals surface area contributed by atoms with Gasteiger partial charge in [0.2, 0.25) is 17.7 Å². The van der Waals surface area contributed by atoms with E-state index in [0.717, 1.165) is 63.1 Å². The van der Waals surface area contributed by atoms with Gasteiger partial charge in [0.25, 0.3) is 0 Å². The molecule has 2 bridgehead atoms. The summed E-state index contributed by atoms with van der Waals surface area (Å²) < 4.78 is 6.57. The molecule has 0 radical (unpaired) electrons. The van der Waals surface area contributed by atoms with Crippen molar-refractivity contribution in [1.82, 2.24) is 15.1 Å². The number of nitrogens with zero attached hydrogens (tertiary/aromatic N) is 2. The van der Waals surface area contributed by atoms with Crippen LogP contribution in [0.2, 0.25) is 0 Å². The second-order valence-corrected chi connectivity index (χ2v) is 15.0. The van der Waals surface area contributed by atoms with Gasteiger partial charge in [-0.05, 0) is 94.1 Å². The molecule has 3 saturated heterocycles. The molecule has 47 heavy (non-hydrogen) atoms. The van der Waals surface area contributed by atoms with Crippen molar-refractivity contribution in [1.29, 1.82) is 0 Å². The van der Waals surface area contributed by atoms with Gasteiger partial charge in [-0.1, -0.05) is 67.8 Å². The molecule has 2 N–H and O–H groups in total. The second kappa shape index (κ2) is 14.1. The number of fused-ring (bicyclic) bond motifs is 1. The molecule has 5 unspecified atom stereocenters. The molecule has 9 heteroatoms. The summed E-state index contributed by atoms with van der Waals surface area (Å²) in [6.07, 6.45) is 14.9. The van der Waals surface area contributed by atoms with Crippen molar-refractivity contribution < 1.29 is 19.1 Å². The number of carbonyl (C=O) groups is 3. The molecule has 4 heterocycles. The van der Waals surface area contributed by atoms with Crippen LogP contribution in [0.4, 0.5) is 5.69 Å². The molecule has 2 aromatic rings. The Bertz CT molecular complexity index is 1470. The normalized spacial score (nSPS) is 29.3. The first-order chi connectivity index (χ1) is 22.9. The third-order valence-corrected chi connectivity index (χ3v) is 11.9. The summed E-state index contributed by atoms with van der Waals surface area (Å²) >= 11 is 1.61. The molecule has 8 nitrogen and oxygen atoms in total. The summed E-state index contributed by atoms with van der Waals surface area (Å²) in [7, 11) is 0. The molecule has 2 aromatic carbocycles. The number of piperidine rings is 1. The zero-order valence-corrected chi connectivity index (χ0v) is 28.3. The van der Waals surface area contributed by atoms with Crippen molar-refractivity contribution in [3.8, 4) is 0 Å². The molecule has 1 aliphatic carbocycles. The standard InChI is InChI=1S/C38H48N4O4S/c1-47-30-15-8-14-29(25-30)40-35(43)32-31-16-19-38(46-31)33(32)37(45)42(34(38)36(44)39-28-12-6-3-7-13-28)21-9-20-41-22-17-27(18-23-41)24-26-10-4-2-5-11-26/h2,4-5,8,10-11,14-16,19,25,27-28,31-34H,3,6-7,9,12-13,17-18,20-24H2,1H3,(H,39,44)(H,40,43). The highest BCUT2D eigenvalue weighted by molar-refractivity contribution is 7.98. The third kappa shape index (κ3) is 6.63. The molecule has 5 atom stereocenters. The van der Waals surface area contributed by atoms with Gasteiger partial charge >= 0.3 is 0 Å². The number of thioether (sulfide) groups is 1. The highest BCUT2D eigenvalue weighted by atomic mass is 32.2. The van der Waals surface area contributed by atoms with Gasteiger partial charge in [0.15, 0.2) is 0 Å². The zero-order chi connectivity index (χ0) is 32.4. The molecule has 1 saturated carbocycles. The number of ether oxygens (including phenoxy) is 1. The average Bonchev–Trinajstić information content (AvgIpc) is 3.74. The Labute approximate surface area is 283 Å². The van der Waals surface area contributed by atoms with Crippen LogP contribution in [-0.2, 0) is 25.5 Å². The maximum atomic E-state index is 14.4. The minimum atomic E-state index is -1.13. The molecule has 4 fully saturated rings. The number of amides is 3. The lowest BCUT2D eigenvalue weighted by Gasteiger charge is -2.35. The lowest BCUT2D eigenvalue weighted by Crippen LogP contribution is -2.56. The molecule has 4 aliphatic heterocycles. The number of anilines is 1. The van der Waals surface area contributed by atoms with Gasteiger partial charge in [-0.25, -0.2) is 0 Å². The Morgan fingerprint density at radius 1 is 0.957 bits per heavy atom. The van der Waals surface area contributed by atoms with Gasteiger partial charge in [0.05, 0.1) is 17.9 Å². The van der Waals surface area contributed by atoms with E-state index >= 15 is 0 Å². The highest BCUT2D eigenvalue weighted by Gasteiger charge is 2.72. The van der Waals surface area contributed by atoms with Crippen LogP contribution in [0.5, 0.6) is 0 Å². The van der Waals surface area contributed by atoms with E-state index in [4.69, 9.17) is 4.74 Å². The maximum Gasteiger partial charge on any atom is 0.246 e. The van der Waals surface area contributed by atoms with Gasteiger partial charge < -0.3 is 25.2 Å². The highest BCUT2D eigenvalue weighted by Crippen LogP contribution is 2.55. The minimum absolute atomic E-state index is 0.117. The monoisotopic (exact) mass is 656 g/mol. The van der Waals surface area contributed by atoms with E-state index in [-0.39, 0.29) is 23.8 Å². The van der Waals surface area contributed by atoms with Gasteiger partial charge in [-0.2, -0.15) is 0 Å². The Balaban J connectivity index is 1.04. The van der Waals surface area contributed by atoms with Crippen molar-refractivity contribution >= 4 is 35.2 Å². The Hall–Kier alpha value is -3.14. The molecule has 5 aliphatic rings. The smallest absolute Gasteiger partial charge is 0.246 e. The van der Waals surface area contributed by atoms with Crippen molar-refractivity contribution in [2.75, 3.05) is 37.8 Å². The minimum Gasteiger partial charge on any atom is -0.359 e. The van der Waals surface area contributed by atoms with Gasteiger partial charge in [0.1, 0.15) is 11.6 Å². The summed E-state index contributed by atoms with van der Waals surface area (Å²) in [5.41, 5.74) is 0.982. The molecule has 3 amide bonds. The van der Waals surface area contributed by atoms with E-state index in [1.54, 1.807) is 16.7 Å². The van der Waals surface area contributed by atoms with E-state index in [2.05, 4.69) is 45.9 Å². The van der Waals surface area contributed by atoms with E-state index in [1.165, 1.54) is 24.8 Å². The Morgan fingerprint density at radius 3 is 2.51 bits per heavy atom. The van der Waals surface area contributed by atoms with Crippen LogP contribution < -0.4 is 10.6 Å². The van der Waals surface area contributed by atoms with Gasteiger partial charge in [0, 0.05) is 23.2 Å². The molecule has 250 valence electrons. The van der Waals surface area contributed by atoms with E-state index in [0.29, 0.717) is 18.2 Å². The fourth-order valence-electron chi connectivity index (χ4n) is 8.79. The largest absolute Gasteiger partial charge is 0.359 e. The Morgan fingerprint density at radius 2 is 1.74 bits per heavy atom. The zero-order valence-electron chi connectivity index (χ0n) is 27.4. The Kier molecular flexibility index (Phi) is 9.76. The lowest BCUT2D eigenvalue weighted by molar-refractivity contribution is -0.141. The maximum absolute atomic E-state index is 14.4. The first-order valence-electron chi connectivity index (χ1n) is 17.6. The average molecular weight is 657 g/mol. The number of likely N-dealkylation sites (tertiary alicyclic amines) is 2. The predicted octanol–water partition coefficient (Wildman–Crippen LogP) is 5.29. The first kappa shape index (κ1) is 32.4. The number of nitrogens with one attached hydrogen (secondary N) is 2. The summed E-state index contributed by atoms with van der Waals surface area (Å²) in [5, 5.41) is 6.36. The summed E-state index contributed by atoms with van der Waals surface area (Å²) in [5.74, 6) is -1.23. The van der Waals surface area contributed by atoms with Crippen molar-refractivity contribution in [2.24, 2.45) is 17.8 Å². The fourth-order valence-corrected chi connectivity index (χ4v) is 9.25. The van der Waals surface area contributed by atoms with Crippen LogP contribution in [0.1, 0.15) is 56.9 Å². The third-order valence-electron chi connectivity index (χ3n) is 11.2. The van der Waals surface area contributed by atoms with E-state index in [9.17, 15) is 14.4 Å². The van der Waals surface area contributed by atoms with Gasteiger partial charge in [-0.15, -0.1) is 11.8 Å². The number of carbonyl (C=O) groups excluding carboxylic acids is 3. The SMILES string of the molecule is CSc1cccc(NC(=O)C2C3C=CC4(O3)C2C(=O)N(CCCN2CCC(Cc3ccccc3)CC2)C4C(=O)NC2CCCCC2)c1. The van der Waals surface area contributed by atoms with Crippen LogP contribution in [0, 0.1) is 17.8 Å². The molecule has 7 rings (SSSR count). The van der Waals surface area contributed by atoms with Crippen LogP contribution in [-0.4, -0.2) is 83.7 Å². The van der Waals surface area contributed by atoms with Crippen LogP contribution >= 0.6 is 11.8 Å². The second-order valence-electron chi connectivity index (χ2n) is 14.1. The fraction of sp³-hybridized carbons (Fsp3) is 0.553. The molecule has 1 spiro atoms. The summed E-state index contributed by atoms with van der Waals surface area (Å²) in [6.45, 7) is 3.45. The van der Waals surface area contributed by atoms with Crippen LogP contribution in [0.15, 0.2) is 71.6 Å². The summed E-state index contributed by atoms with van der Waals surface area (Å²) in [4.78, 5) is 47.7. The lowest BCUT2D eigenvalue weighted by atomic mass is 9.74. The van der Waals surface area contributed by atoms with E-state index < -0.39 is 29.6 Å². The van der Waals surface area contributed by atoms with Crippen molar-refractivity contribution in [3.63, 3.8) is 0 Å². The molecule has 0 aromatic heterocycles. The van der Waals surface area contributed by atoms with E-state index in [1.807, 2.05) is 42.7 Å². The van der Waals surface area contributed by atoms with Crippen LogP contribution in [0.3, 0.4) is 0 Å². The van der Waals surface area contributed by atoms with Gasteiger partial charge in [-0.3, -0.25) is 14.4 Å². The number of hydrogen-bond acceptors (Lipinski definition) is 6. The molecular weight excluding hydrogens is 609 g/mol. The quantitative estimate of drug-likeness (QED) is 0.253. The number of rotatable bonds is 11. The predicted molar refractivity (Wildman–Crippen MR) is 185 cm³/mol. The van der Waals surface area contributed by atoms with Crippen LogP contribution in [0.25, 0.3) is 0 Å². The summed E-state index contributed by atoms with van der Waals surface area (Å²) in [6, 6.07) is 17.8. The van der Waals surface area contributed by atoms with Crippen molar-refractivity contribution in [2.45, 2.75) is 86.5 Å². The topological polar surface area (TPSA) is 91.0 Å². The molecular formula is C38H48N4O4S.